The molecule has 1 spiro atoms. The van der Waals surface area contributed by atoms with E-state index in [-0.39, 0.29) is 24.4 Å². The number of esters is 1. The van der Waals surface area contributed by atoms with Gasteiger partial charge in [0.2, 0.25) is 11.8 Å². The number of anilines is 1. The van der Waals surface area contributed by atoms with Crippen LogP contribution in [0.5, 0.6) is 0 Å². The first-order valence-corrected chi connectivity index (χ1v) is 16.9. The number of allylic oxidation sites excluding steroid dienone is 1. The van der Waals surface area contributed by atoms with Gasteiger partial charge >= 0.3 is 5.97 Å². The Morgan fingerprint density at radius 2 is 1.89 bits per heavy atom. The number of amides is 3. The lowest BCUT2D eigenvalue weighted by atomic mass is 9.70. The van der Waals surface area contributed by atoms with Crippen LogP contribution >= 0.6 is 27.5 Å². The molecule has 3 amide bonds. The molecule has 1 unspecified atom stereocenters. The van der Waals surface area contributed by atoms with Gasteiger partial charge in [0.05, 0.1) is 36.6 Å². The van der Waals surface area contributed by atoms with E-state index in [9.17, 15) is 24.3 Å². The summed E-state index contributed by atoms with van der Waals surface area (Å²) < 4.78 is 12.1. The summed E-state index contributed by atoms with van der Waals surface area (Å²) in [5, 5.41) is 13.8. The number of likely N-dealkylation sites (tertiary alicyclic amines) is 1. The number of nitrogens with zero attached hydrogens (tertiary/aromatic N) is 2. The smallest absolute Gasteiger partial charge is 0.306 e. The first-order valence-electron chi connectivity index (χ1n) is 15.6. The SMILES string of the molecule is C=CCCC(=O)OC[C@@H](NC(=O)[C@H]1[C@@H]2O[C@@]3(CC2Br)[C@@H]1C(=O)N([C@H](C)CO)[C@@H]3C(=O)N(CC=C)c1ccc(Cl)cc1)c1ccccc1. The van der Waals surface area contributed by atoms with Crippen molar-refractivity contribution in [3.8, 4) is 0 Å². The van der Waals surface area contributed by atoms with E-state index in [1.165, 1.54) is 9.80 Å². The highest BCUT2D eigenvalue weighted by Gasteiger charge is 2.77. The fourth-order valence-corrected chi connectivity index (χ4v) is 8.14. The Morgan fingerprint density at radius 3 is 2.53 bits per heavy atom. The van der Waals surface area contributed by atoms with E-state index in [4.69, 9.17) is 21.1 Å². The average Bonchev–Trinajstić information content (AvgIpc) is 3.67. The second-order valence-electron chi connectivity index (χ2n) is 12.1. The Hall–Kier alpha value is -3.51. The van der Waals surface area contributed by atoms with Gasteiger partial charge in [-0.3, -0.25) is 19.2 Å². The number of alkyl halides is 1. The second kappa shape index (κ2) is 14.7. The zero-order chi connectivity index (χ0) is 33.9. The van der Waals surface area contributed by atoms with Crippen molar-refractivity contribution >= 4 is 56.9 Å². The van der Waals surface area contributed by atoms with E-state index >= 15 is 0 Å². The normalized spacial score (nSPS) is 27.1. The van der Waals surface area contributed by atoms with Gasteiger partial charge in [-0.1, -0.05) is 70.0 Å². The topological polar surface area (TPSA) is 125 Å². The zero-order valence-electron chi connectivity index (χ0n) is 26.1. The van der Waals surface area contributed by atoms with Crippen LogP contribution in [0.1, 0.15) is 37.8 Å². The number of benzene rings is 2. The van der Waals surface area contributed by atoms with Crippen molar-refractivity contribution in [2.75, 3.05) is 24.7 Å². The van der Waals surface area contributed by atoms with Gasteiger partial charge in [0, 0.05) is 28.5 Å². The first-order chi connectivity index (χ1) is 22.6. The number of carbonyl (C=O) groups excluding carboxylic acids is 4. The fraction of sp³-hybridized carbons (Fsp3) is 0.429. The molecule has 0 radical (unpaired) electrons. The highest BCUT2D eigenvalue weighted by atomic mass is 79.9. The third-order valence-electron chi connectivity index (χ3n) is 9.20. The molecule has 47 heavy (non-hydrogen) atoms. The minimum atomic E-state index is -1.34. The van der Waals surface area contributed by atoms with Crippen molar-refractivity contribution in [2.45, 2.75) is 60.8 Å². The lowest BCUT2D eigenvalue weighted by Crippen LogP contribution is -2.59. The summed E-state index contributed by atoms with van der Waals surface area (Å²) in [6, 6.07) is 13.3. The van der Waals surface area contributed by atoms with E-state index in [0.717, 1.165) is 5.56 Å². The third kappa shape index (κ3) is 6.63. The van der Waals surface area contributed by atoms with E-state index in [0.29, 0.717) is 23.6 Å². The third-order valence-corrected chi connectivity index (χ3v) is 10.3. The van der Waals surface area contributed by atoms with Gasteiger partial charge in [-0.05, 0) is 49.6 Å². The molecule has 3 heterocycles. The number of halogens is 2. The highest BCUT2D eigenvalue weighted by molar-refractivity contribution is 9.09. The average molecular weight is 729 g/mol. The van der Waals surface area contributed by atoms with Crippen molar-refractivity contribution in [1.29, 1.82) is 0 Å². The van der Waals surface area contributed by atoms with Gasteiger partial charge in [0.1, 0.15) is 18.2 Å². The maximum atomic E-state index is 14.6. The maximum Gasteiger partial charge on any atom is 0.306 e. The quantitative estimate of drug-likeness (QED) is 0.168. The molecule has 3 saturated heterocycles. The number of nitrogens with one attached hydrogen (secondary N) is 1. The summed E-state index contributed by atoms with van der Waals surface area (Å²) >= 11 is 9.82. The number of rotatable bonds is 14. The Labute approximate surface area is 287 Å². The molecule has 0 aliphatic carbocycles. The van der Waals surface area contributed by atoms with Crippen molar-refractivity contribution in [1.82, 2.24) is 10.2 Å². The van der Waals surface area contributed by atoms with E-state index in [2.05, 4.69) is 34.4 Å². The van der Waals surface area contributed by atoms with Crippen LogP contribution in [0.25, 0.3) is 0 Å². The summed E-state index contributed by atoms with van der Waals surface area (Å²) in [4.78, 5) is 58.2. The standard InChI is InChI=1S/C35H39BrClN3O7/c1-4-6-12-27(42)46-20-26(22-10-8-7-9-11-22)38-32(43)28-29-33(44)40(21(3)19-41)31(35(29)18-25(36)30(28)47-35)34(45)39(17-5-2)24-15-13-23(37)14-16-24/h4-5,7-11,13-16,21,25-26,28-31,41H,1-2,6,12,17-20H2,3H3,(H,38,43)/t21-,25?,26-,28-,29+,30-,31-,35+/m1/s1. The Balaban J connectivity index is 1.49. The van der Waals surface area contributed by atoms with Crippen LogP contribution in [-0.4, -0.2) is 82.1 Å². The van der Waals surface area contributed by atoms with Gasteiger partial charge < -0.3 is 29.7 Å². The van der Waals surface area contributed by atoms with Gasteiger partial charge in [-0.2, -0.15) is 0 Å². The van der Waals surface area contributed by atoms with Crippen molar-refractivity contribution < 1.29 is 33.8 Å². The molecule has 2 N–H and O–H groups in total. The number of aliphatic hydroxyl groups excluding tert-OH is 1. The molecule has 250 valence electrons. The number of ether oxygens (including phenoxy) is 2. The van der Waals surface area contributed by atoms with Crippen LogP contribution in [0, 0.1) is 11.8 Å². The molecule has 3 aliphatic heterocycles. The molecule has 3 aliphatic rings. The Bertz CT molecular complexity index is 1510. The lowest BCUT2D eigenvalue weighted by molar-refractivity contribution is -0.146. The predicted molar refractivity (Wildman–Crippen MR) is 181 cm³/mol. The van der Waals surface area contributed by atoms with Crippen LogP contribution in [-0.2, 0) is 28.7 Å². The Kier molecular flexibility index (Phi) is 10.9. The van der Waals surface area contributed by atoms with E-state index < -0.39 is 72.0 Å². The summed E-state index contributed by atoms with van der Waals surface area (Å²) in [6.07, 6.45) is 3.43. The minimum Gasteiger partial charge on any atom is -0.463 e. The zero-order valence-corrected chi connectivity index (χ0v) is 28.4. The summed E-state index contributed by atoms with van der Waals surface area (Å²) in [5.74, 6) is -3.69. The minimum absolute atomic E-state index is 0.113. The van der Waals surface area contributed by atoms with Crippen LogP contribution in [0.15, 0.2) is 79.9 Å². The molecule has 5 rings (SSSR count). The molecule has 12 heteroatoms. The van der Waals surface area contributed by atoms with Gasteiger partial charge in [-0.15, -0.1) is 13.2 Å². The molecule has 0 aromatic heterocycles. The predicted octanol–water partition coefficient (Wildman–Crippen LogP) is 4.35. The molecule has 3 fully saturated rings. The molecule has 2 aromatic rings. The van der Waals surface area contributed by atoms with Crippen molar-refractivity contribution in [2.24, 2.45) is 11.8 Å². The van der Waals surface area contributed by atoms with Crippen molar-refractivity contribution in [3.63, 3.8) is 0 Å². The van der Waals surface area contributed by atoms with Crippen molar-refractivity contribution in [3.05, 3.63) is 90.5 Å². The van der Waals surface area contributed by atoms with Crippen LogP contribution in [0.3, 0.4) is 0 Å². The molecule has 10 nitrogen and oxygen atoms in total. The highest BCUT2D eigenvalue weighted by Crippen LogP contribution is 2.60. The first kappa shape index (κ1) is 34.8. The molecular formula is C35H39BrClN3O7. The Morgan fingerprint density at radius 1 is 1.19 bits per heavy atom. The number of hydrogen-bond donors (Lipinski definition) is 2. The van der Waals surface area contributed by atoms with Crippen LogP contribution in [0.4, 0.5) is 5.69 Å². The van der Waals surface area contributed by atoms with Crippen LogP contribution in [0.2, 0.25) is 5.02 Å². The van der Waals surface area contributed by atoms with Gasteiger partial charge in [0.15, 0.2) is 0 Å². The summed E-state index contributed by atoms with van der Waals surface area (Å²) in [7, 11) is 0. The largest absolute Gasteiger partial charge is 0.463 e. The molecular weight excluding hydrogens is 690 g/mol. The lowest BCUT2D eigenvalue weighted by Gasteiger charge is -2.38. The fourth-order valence-electron chi connectivity index (χ4n) is 7.07. The summed E-state index contributed by atoms with van der Waals surface area (Å²) in [6.45, 7) is 8.75. The summed E-state index contributed by atoms with van der Waals surface area (Å²) in [5.41, 5.74) is -0.0753. The molecule has 8 atom stereocenters. The molecule has 2 bridgehead atoms. The number of fused-ring (bicyclic) bond motifs is 1. The second-order valence-corrected chi connectivity index (χ2v) is 13.7. The van der Waals surface area contributed by atoms with Gasteiger partial charge in [0.25, 0.3) is 5.91 Å². The van der Waals surface area contributed by atoms with E-state index in [1.807, 2.05) is 30.3 Å². The monoisotopic (exact) mass is 727 g/mol. The number of aliphatic hydroxyl groups is 1. The maximum absolute atomic E-state index is 14.6. The number of hydrogen-bond acceptors (Lipinski definition) is 7. The molecule has 2 aromatic carbocycles. The van der Waals surface area contributed by atoms with E-state index in [1.54, 1.807) is 43.3 Å². The van der Waals surface area contributed by atoms with Gasteiger partial charge in [-0.25, -0.2) is 0 Å². The van der Waals surface area contributed by atoms with Crippen LogP contribution < -0.4 is 10.2 Å². The number of carbonyl (C=O) groups is 4. The molecule has 0 saturated carbocycles.